The fourth-order valence-corrected chi connectivity index (χ4v) is 4.43. The van der Waals surface area contributed by atoms with Gasteiger partial charge >= 0.3 is 5.97 Å². The Kier molecular flexibility index (Phi) is 2.90. The normalized spacial score (nSPS) is 37.5. The highest BCUT2D eigenvalue weighted by atomic mass is 16.4. The fraction of sp³-hybridized carbons (Fsp3) is 0.444. The van der Waals surface area contributed by atoms with Crippen molar-refractivity contribution >= 4 is 17.6 Å². The summed E-state index contributed by atoms with van der Waals surface area (Å²) in [5.74, 6) is -0.904. The average Bonchev–Trinajstić information content (AvgIpc) is 3.30. The topological polar surface area (TPSA) is 66.4 Å². The van der Waals surface area contributed by atoms with Crippen molar-refractivity contribution in [2.75, 3.05) is 5.32 Å². The predicted octanol–water partition coefficient (Wildman–Crippen LogP) is 2.70. The zero-order chi connectivity index (χ0) is 15.4. The first-order valence-electron chi connectivity index (χ1n) is 7.85. The zero-order valence-corrected chi connectivity index (χ0v) is 12.4. The van der Waals surface area contributed by atoms with Crippen LogP contribution in [0.1, 0.15) is 12.0 Å². The van der Waals surface area contributed by atoms with E-state index in [0.29, 0.717) is 11.8 Å². The van der Waals surface area contributed by atoms with E-state index in [4.69, 9.17) is 0 Å². The number of hydrogen-bond donors (Lipinski definition) is 2. The number of fused-ring (bicyclic) bond motifs is 1. The Morgan fingerprint density at radius 2 is 1.64 bits per heavy atom. The molecule has 22 heavy (non-hydrogen) atoms. The smallest absolute Gasteiger partial charge is 0.307 e. The lowest BCUT2D eigenvalue weighted by atomic mass is 9.62. The van der Waals surface area contributed by atoms with Crippen LogP contribution in [0.2, 0.25) is 0 Å². The van der Waals surface area contributed by atoms with Crippen molar-refractivity contribution < 1.29 is 14.7 Å². The van der Waals surface area contributed by atoms with Crippen molar-refractivity contribution in [3.05, 3.63) is 42.0 Å². The van der Waals surface area contributed by atoms with Gasteiger partial charge in [0.05, 0.1) is 11.8 Å². The first-order chi connectivity index (χ1) is 10.6. The monoisotopic (exact) mass is 297 g/mol. The first kappa shape index (κ1) is 13.6. The van der Waals surface area contributed by atoms with E-state index < -0.39 is 17.8 Å². The lowest BCUT2D eigenvalue weighted by Gasteiger charge is -2.41. The van der Waals surface area contributed by atoms with Gasteiger partial charge < -0.3 is 10.4 Å². The van der Waals surface area contributed by atoms with Gasteiger partial charge in [0.15, 0.2) is 0 Å². The standard InChI is InChI=1S/C18H19NO3/c1-9-2-4-10(5-3-9)19-17(20)15-11-6-7-12(14-8-13(11)14)16(15)18(21)22/h2-7,11-16H,8H2,1H3,(H,19,20)(H,21,22)/t11-,12+,13+,14+,15-,16-/m0/s1. The largest absolute Gasteiger partial charge is 0.481 e. The number of rotatable bonds is 3. The van der Waals surface area contributed by atoms with Gasteiger partial charge in [0.2, 0.25) is 5.91 Å². The molecule has 0 saturated heterocycles. The van der Waals surface area contributed by atoms with Crippen LogP contribution in [-0.2, 0) is 9.59 Å². The van der Waals surface area contributed by atoms with E-state index in [9.17, 15) is 14.7 Å². The van der Waals surface area contributed by atoms with Crippen LogP contribution in [-0.4, -0.2) is 17.0 Å². The van der Waals surface area contributed by atoms with Gasteiger partial charge in [0.25, 0.3) is 0 Å². The van der Waals surface area contributed by atoms with Crippen molar-refractivity contribution in [2.45, 2.75) is 13.3 Å². The molecule has 1 aromatic rings. The molecule has 2 N–H and O–H groups in total. The fourth-order valence-electron chi connectivity index (χ4n) is 4.43. The predicted molar refractivity (Wildman–Crippen MR) is 82.1 cm³/mol. The van der Waals surface area contributed by atoms with Crippen LogP contribution in [0.15, 0.2) is 36.4 Å². The van der Waals surface area contributed by atoms with Gasteiger partial charge in [-0.05, 0) is 49.1 Å². The van der Waals surface area contributed by atoms with Crippen molar-refractivity contribution in [1.82, 2.24) is 0 Å². The number of carboxylic acid groups (broad SMARTS) is 1. The van der Waals surface area contributed by atoms with Crippen molar-refractivity contribution in [1.29, 1.82) is 0 Å². The molecule has 4 nitrogen and oxygen atoms in total. The maximum absolute atomic E-state index is 12.7. The van der Waals surface area contributed by atoms with Crippen molar-refractivity contribution in [2.24, 2.45) is 35.5 Å². The molecule has 114 valence electrons. The molecular weight excluding hydrogens is 278 g/mol. The molecule has 4 aliphatic rings. The summed E-state index contributed by atoms with van der Waals surface area (Å²) >= 11 is 0. The highest BCUT2D eigenvalue weighted by molar-refractivity contribution is 5.96. The molecule has 0 unspecified atom stereocenters. The van der Waals surface area contributed by atoms with Gasteiger partial charge in [-0.15, -0.1) is 0 Å². The van der Waals surface area contributed by atoms with Gasteiger partial charge in [-0.2, -0.15) is 0 Å². The quantitative estimate of drug-likeness (QED) is 0.843. The summed E-state index contributed by atoms with van der Waals surface area (Å²) in [5.41, 5.74) is 1.86. The summed E-state index contributed by atoms with van der Waals surface area (Å²) in [6.07, 6.45) is 5.19. The van der Waals surface area contributed by atoms with Crippen LogP contribution < -0.4 is 5.32 Å². The highest BCUT2D eigenvalue weighted by Crippen LogP contribution is 2.63. The number of carbonyl (C=O) groups excluding carboxylic acids is 1. The first-order valence-corrected chi connectivity index (χ1v) is 7.85. The van der Waals surface area contributed by atoms with E-state index in [0.717, 1.165) is 17.7 Å². The number of aryl methyl sites for hydroxylation is 1. The molecule has 1 amide bonds. The van der Waals surface area contributed by atoms with E-state index in [1.165, 1.54) is 0 Å². The van der Waals surface area contributed by atoms with E-state index in [-0.39, 0.29) is 17.7 Å². The van der Waals surface area contributed by atoms with Gasteiger partial charge in [0.1, 0.15) is 0 Å². The Morgan fingerprint density at radius 3 is 2.23 bits per heavy atom. The summed E-state index contributed by atoms with van der Waals surface area (Å²) in [7, 11) is 0. The van der Waals surface area contributed by atoms with Crippen LogP contribution >= 0.6 is 0 Å². The van der Waals surface area contributed by atoms with E-state index in [1.807, 2.05) is 37.3 Å². The summed E-state index contributed by atoms with van der Waals surface area (Å²) < 4.78 is 0. The average molecular weight is 297 g/mol. The van der Waals surface area contributed by atoms with E-state index in [1.54, 1.807) is 0 Å². The Balaban J connectivity index is 1.60. The molecule has 0 heterocycles. The molecule has 0 radical (unpaired) electrons. The molecule has 6 atom stereocenters. The summed E-state index contributed by atoms with van der Waals surface area (Å²) in [6, 6.07) is 7.60. The number of carbonyl (C=O) groups is 2. The van der Waals surface area contributed by atoms with E-state index in [2.05, 4.69) is 11.4 Å². The molecule has 2 saturated carbocycles. The van der Waals surface area contributed by atoms with Crippen molar-refractivity contribution in [3.8, 4) is 0 Å². The molecule has 0 spiro atoms. The third kappa shape index (κ3) is 1.97. The maximum Gasteiger partial charge on any atom is 0.307 e. The minimum atomic E-state index is -0.839. The molecule has 4 aliphatic carbocycles. The molecule has 5 rings (SSSR count). The summed E-state index contributed by atoms with van der Waals surface area (Å²) in [6.45, 7) is 1.99. The third-order valence-corrected chi connectivity index (χ3v) is 5.56. The van der Waals surface area contributed by atoms with Gasteiger partial charge in [-0.3, -0.25) is 9.59 Å². The number of amides is 1. The van der Waals surface area contributed by atoms with Gasteiger partial charge in [-0.25, -0.2) is 0 Å². The van der Waals surface area contributed by atoms with Crippen LogP contribution in [0.5, 0.6) is 0 Å². The lowest BCUT2D eigenvalue weighted by Crippen LogP contribution is -2.48. The lowest BCUT2D eigenvalue weighted by molar-refractivity contribution is -0.152. The number of benzene rings is 1. The molecule has 1 aromatic carbocycles. The Labute approximate surface area is 129 Å². The minimum absolute atomic E-state index is 0.0290. The van der Waals surface area contributed by atoms with Gasteiger partial charge in [0, 0.05) is 5.69 Å². The highest BCUT2D eigenvalue weighted by Gasteiger charge is 2.62. The van der Waals surface area contributed by atoms with Gasteiger partial charge in [-0.1, -0.05) is 29.8 Å². The Morgan fingerprint density at radius 1 is 1.05 bits per heavy atom. The molecule has 2 bridgehead atoms. The van der Waals surface area contributed by atoms with Crippen LogP contribution in [0, 0.1) is 42.4 Å². The van der Waals surface area contributed by atoms with Crippen LogP contribution in [0.4, 0.5) is 5.69 Å². The zero-order valence-electron chi connectivity index (χ0n) is 12.4. The third-order valence-electron chi connectivity index (χ3n) is 5.56. The Hall–Kier alpha value is -2.10. The number of anilines is 1. The second kappa shape index (κ2) is 4.70. The maximum atomic E-state index is 12.7. The van der Waals surface area contributed by atoms with Crippen LogP contribution in [0.3, 0.4) is 0 Å². The number of carboxylic acids is 1. The second-order valence-electron chi connectivity index (χ2n) is 6.85. The molecular formula is C18H19NO3. The second-order valence-corrected chi connectivity index (χ2v) is 6.85. The van der Waals surface area contributed by atoms with Crippen LogP contribution in [0.25, 0.3) is 0 Å². The molecule has 2 fully saturated rings. The summed E-state index contributed by atoms with van der Waals surface area (Å²) in [4.78, 5) is 24.4. The molecule has 0 aromatic heterocycles. The number of aliphatic carboxylic acids is 1. The SMILES string of the molecule is Cc1ccc(NC(=O)[C@H]2[C@H]3C=C[C@H]([C@H]4C[C@H]34)[C@@H]2C(=O)O)cc1. The number of nitrogens with one attached hydrogen (secondary N) is 1. The summed E-state index contributed by atoms with van der Waals surface area (Å²) in [5, 5.41) is 12.5. The molecule has 4 heteroatoms. The number of allylic oxidation sites excluding steroid dienone is 2. The Bertz CT molecular complexity index is 663. The number of hydrogen-bond acceptors (Lipinski definition) is 2. The minimum Gasteiger partial charge on any atom is -0.481 e. The molecule has 0 aliphatic heterocycles. The van der Waals surface area contributed by atoms with Crippen molar-refractivity contribution in [3.63, 3.8) is 0 Å². The van der Waals surface area contributed by atoms with E-state index >= 15 is 0 Å².